The first-order valence-corrected chi connectivity index (χ1v) is 11.6. The van der Waals surface area contributed by atoms with Gasteiger partial charge in [-0.3, -0.25) is 0 Å². The highest BCUT2D eigenvalue weighted by Gasteiger charge is 2.35. The van der Waals surface area contributed by atoms with Crippen LogP contribution in [0.25, 0.3) is 6.08 Å². The van der Waals surface area contributed by atoms with Crippen LogP contribution in [0.15, 0.2) is 23.1 Å². The van der Waals surface area contributed by atoms with Crippen molar-refractivity contribution in [3.8, 4) is 11.5 Å². The fourth-order valence-electron chi connectivity index (χ4n) is 4.16. The third-order valence-electron chi connectivity index (χ3n) is 5.78. The molecule has 30 heavy (non-hydrogen) atoms. The predicted molar refractivity (Wildman–Crippen MR) is 113 cm³/mol. The molecule has 0 N–H and O–H groups in total. The normalized spacial score (nSPS) is 19.3. The highest BCUT2D eigenvalue weighted by atomic mass is 32.2. The molecule has 0 aromatic heterocycles. The molecule has 0 atom stereocenters. The van der Waals surface area contributed by atoms with Gasteiger partial charge in [-0.1, -0.05) is 0 Å². The van der Waals surface area contributed by atoms with Crippen LogP contribution in [-0.2, 0) is 19.6 Å². The minimum atomic E-state index is -3.79. The topological polar surface area (TPSA) is 85.4 Å². The summed E-state index contributed by atoms with van der Waals surface area (Å²) in [6.45, 7) is 3.16. The maximum absolute atomic E-state index is 13.5. The standard InChI is InChI=1S/C21H30N2O6S/c1-27-18-14-16(6-7-20(24)28-2)15-19(21(18)29-3)30(25,26)23-12-8-17(9-13-23)22-10-4-5-11-22/h6-7,14-15,17H,4-5,8-13H2,1-3H3/b7-6+. The van der Waals surface area contributed by atoms with Crippen LogP contribution >= 0.6 is 0 Å². The number of rotatable bonds is 7. The van der Waals surface area contributed by atoms with Gasteiger partial charge in [0.05, 0.1) is 21.3 Å². The fraction of sp³-hybridized carbons (Fsp3) is 0.571. The summed E-state index contributed by atoms with van der Waals surface area (Å²) >= 11 is 0. The van der Waals surface area contributed by atoms with Gasteiger partial charge in [0, 0.05) is 25.2 Å². The summed E-state index contributed by atoms with van der Waals surface area (Å²) < 4.78 is 43.8. The van der Waals surface area contributed by atoms with Gasteiger partial charge in [0.25, 0.3) is 0 Å². The van der Waals surface area contributed by atoms with Gasteiger partial charge >= 0.3 is 5.97 Å². The van der Waals surface area contributed by atoms with E-state index >= 15 is 0 Å². The van der Waals surface area contributed by atoms with Gasteiger partial charge in [-0.15, -0.1) is 0 Å². The number of hydrogen-bond donors (Lipinski definition) is 0. The van der Waals surface area contributed by atoms with Crippen molar-refractivity contribution in [2.75, 3.05) is 47.5 Å². The van der Waals surface area contributed by atoms with E-state index in [2.05, 4.69) is 9.64 Å². The fourth-order valence-corrected chi connectivity index (χ4v) is 5.84. The van der Waals surface area contributed by atoms with E-state index in [1.165, 1.54) is 56.7 Å². The number of carbonyl (C=O) groups is 1. The molecule has 0 saturated carbocycles. The van der Waals surface area contributed by atoms with E-state index in [-0.39, 0.29) is 16.4 Å². The summed E-state index contributed by atoms with van der Waals surface area (Å²) in [6.07, 6.45) is 6.82. The zero-order valence-corrected chi connectivity index (χ0v) is 18.6. The quantitative estimate of drug-likeness (QED) is 0.476. The second-order valence-electron chi connectivity index (χ2n) is 7.49. The van der Waals surface area contributed by atoms with Crippen LogP contribution in [0.2, 0.25) is 0 Å². The molecule has 9 heteroatoms. The molecule has 8 nitrogen and oxygen atoms in total. The summed E-state index contributed by atoms with van der Waals surface area (Å²) in [7, 11) is 0.355. The van der Waals surface area contributed by atoms with Gasteiger partial charge in [0.1, 0.15) is 4.90 Å². The number of nitrogens with zero attached hydrogens (tertiary/aromatic N) is 2. The van der Waals surface area contributed by atoms with E-state index < -0.39 is 16.0 Å². The molecule has 2 saturated heterocycles. The molecular weight excluding hydrogens is 408 g/mol. The maximum Gasteiger partial charge on any atom is 0.330 e. The Balaban J connectivity index is 1.88. The number of carbonyl (C=O) groups excluding carboxylic acids is 1. The predicted octanol–water partition coefficient (Wildman–Crippen LogP) is 2.14. The number of methoxy groups -OCH3 is 3. The second-order valence-corrected chi connectivity index (χ2v) is 9.40. The minimum Gasteiger partial charge on any atom is -0.493 e. The summed E-state index contributed by atoms with van der Waals surface area (Å²) in [5, 5.41) is 0. The summed E-state index contributed by atoms with van der Waals surface area (Å²) in [6, 6.07) is 3.57. The number of piperidine rings is 1. The lowest BCUT2D eigenvalue weighted by Crippen LogP contribution is -2.45. The van der Waals surface area contributed by atoms with Crippen LogP contribution in [0.4, 0.5) is 0 Å². The van der Waals surface area contributed by atoms with Crippen molar-refractivity contribution in [1.82, 2.24) is 9.21 Å². The lowest BCUT2D eigenvalue weighted by Gasteiger charge is -2.36. The Hall–Kier alpha value is -2.10. The highest BCUT2D eigenvalue weighted by Crippen LogP contribution is 2.38. The molecular formula is C21H30N2O6S. The molecule has 2 aliphatic heterocycles. The van der Waals surface area contributed by atoms with Crippen molar-refractivity contribution in [1.29, 1.82) is 0 Å². The average molecular weight is 439 g/mol. The van der Waals surface area contributed by atoms with E-state index in [1.54, 1.807) is 6.07 Å². The Morgan fingerprint density at radius 3 is 2.27 bits per heavy atom. The molecule has 0 radical (unpaired) electrons. The highest BCUT2D eigenvalue weighted by molar-refractivity contribution is 7.89. The number of hydrogen-bond acceptors (Lipinski definition) is 7. The summed E-state index contributed by atoms with van der Waals surface area (Å²) in [5.41, 5.74) is 0.503. The number of likely N-dealkylation sites (tertiary alicyclic amines) is 1. The molecule has 2 aliphatic rings. The molecule has 2 heterocycles. The van der Waals surface area contributed by atoms with Gasteiger partial charge in [0.2, 0.25) is 10.0 Å². The summed E-state index contributed by atoms with van der Waals surface area (Å²) in [5.74, 6) is -0.0809. The Kier molecular flexibility index (Phi) is 7.38. The molecule has 2 fully saturated rings. The summed E-state index contributed by atoms with van der Waals surface area (Å²) in [4.78, 5) is 13.9. The molecule has 0 unspecified atom stereocenters. The molecule has 0 aliphatic carbocycles. The Morgan fingerprint density at radius 2 is 1.70 bits per heavy atom. The largest absolute Gasteiger partial charge is 0.493 e. The molecule has 3 rings (SSSR count). The van der Waals surface area contributed by atoms with Crippen molar-refractivity contribution >= 4 is 22.1 Å². The molecule has 1 aromatic rings. The minimum absolute atomic E-state index is 0.0356. The number of sulfonamides is 1. The smallest absolute Gasteiger partial charge is 0.330 e. The van der Waals surface area contributed by atoms with Gasteiger partial charge in [-0.2, -0.15) is 4.31 Å². The van der Waals surface area contributed by atoms with Crippen LogP contribution in [0.3, 0.4) is 0 Å². The van der Waals surface area contributed by atoms with Crippen molar-refractivity contribution in [3.63, 3.8) is 0 Å². The lowest BCUT2D eigenvalue weighted by atomic mass is 10.1. The van der Waals surface area contributed by atoms with Crippen LogP contribution in [-0.4, -0.2) is 77.1 Å². The zero-order chi connectivity index (χ0) is 21.7. The molecule has 0 bridgehead atoms. The Labute approximate surface area is 178 Å². The van der Waals surface area contributed by atoms with Crippen LogP contribution in [0.1, 0.15) is 31.2 Å². The van der Waals surface area contributed by atoms with Crippen molar-refractivity contribution in [2.45, 2.75) is 36.6 Å². The van der Waals surface area contributed by atoms with Crippen LogP contribution in [0.5, 0.6) is 11.5 Å². The Morgan fingerprint density at radius 1 is 1.03 bits per heavy atom. The third-order valence-corrected chi connectivity index (χ3v) is 7.68. The first-order valence-electron chi connectivity index (χ1n) is 10.2. The Bertz CT molecular complexity index is 885. The van der Waals surface area contributed by atoms with Crippen LogP contribution in [0, 0.1) is 0 Å². The number of ether oxygens (including phenoxy) is 3. The van der Waals surface area contributed by atoms with Crippen LogP contribution < -0.4 is 9.47 Å². The lowest BCUT2D eigenvalue weighted by molar-refractivity contribution is -0.134. The van der Waals surface area contributed by atoms with E-state index in [1.807, 2.05) is 0 Å². The van der Waals surface area contributed by atoms with E-state index in [0.717, 1.165) is 25.9 Å². The monoisotopic (exact) mass is 438 g/mol. The maximum atomic E-state index is 13.5. The van der Waals surface area contributed by atoms with E-state index in [4.69, 9.17) is 9.47 Å². The van der Waals surface area contributed by atoms with Crippen molar-refractivity contribution in [3.05, 3.63) is 23.8 Å². The average Bonchev–Trinajstić information content (AvgIpc) is 3.31. The number of esters is 1. The zero-order valence-electron chi connectivity index (χ0n) is 17.8. The van der Waals surface area contributed by atoms with Gasteiger partial charge in [-0.25, -0.2) is 13.2 Å². The molecule has 0 amide bonds. The second kappa shape index (κ2) is 9.80. The number of benzene rings is 1. The SMILES string of the molecule is COC(=O)/C=C/c1cc(OC)c(OC)c(S(=O)(=O)N2CCC(N3CCCC3)CC2)c1. The molecule has 1 aromatic carbocycles. The molecule has 166 valence electrons. The third kappa shape index (κ3) is 4.79. The van der Waals surface area contributed by atoms with Crippen molar-refractivity contribution < 1.29 is 27.4 Å². The molecule has 0 spiro atoms. The van der Waals surface area contributed by atoms with E-state index in [0.29, 0.717) is 24.7 Å². The first-order chi connectivity index (χ1) is 14.4. The van der Waals surface area contributed by atoms with Gasteiger partial charge < -0.3 is 19.1 Å². The van der Waals surface area contributed by atoms with Gasteiger partial charge in [-0.05, 0) is 62.5 Å². The van der Waals surface area contributed by atoms with Gasteiger partial charge in [0.15, 0.2) is 11.5 Å². The first kappa shape index (κ1) is 22.6. The van der Waals surface area contributed by atoms with Crippen molar-refractivity contribution in [2.24, 2.45) is 0 Å². The van der Waals surface area contributed by atoms with E-state index in [9.17, 15) is 13.2 Å².